The average Bonchev–Trinajstić information content (AvgIpc) is 2.98. The Bertz CT molecular complexity index is 606. The predicted molar refractivity (Wildman–Crippen MR) is 94.5 cm³/mol. The minimum absolute atomic E-state index is 0.726. The van der Waals surface area contributed by atoms with Crippen molar-refractivity contribution in [3.8, 4) is 11.5 Å². The molecule has 0 fully saturated rings. The van der Waals surface area contributed by atoms with Crippen LogP contribution in [0, 0.1) is 0 Å². The molecule has 0 N–H and O–H groups in total. The van der Waals surface area contributed by atoms with E-state index in [4.69, 9.17) is 9.47 Å². The molecule has 23 heavy (non-hydrogen) atoms. The van der Waals surface area contributed by atoms with Crippen LogP contribution in [-0.2, 0) is 6.54 Å². The zero-order valence-corrected chi connectivity index (χ0v) is 14.8. The molecule has 0 aliphatic heterocycles. The second kappa shape index (κ2) is 8.77. The number of hydrogen-bond acceptors (Lipinski definition) is 4. The molecule has 0 spiro atoms. The van der Waals surface area contributed by atoms with Crippen LogP contribution in [0.5, 0.6) is 11.5 Å². The highest BCUT2D eigenvalue weighted by molar-refractivity contribution is 5.80. The number of rotatable bonds is 10. The van der Waals surface area contributed by atoms with E-state index in [0.29, 0.717) is 0 Å². The second-order valence-electron chi connectivity index (χ2n) is 5.72. The van der Waals surface area contributed by atoms with Crippen LogP contribution in [-0.4, -0.2) is 48.3 Å². The van der Waals surface area contributed by atoms with Gasteiger partial charge < -0.3 is 18.9 Å². The van der Waals surface area contributed by atoms with Crippen LogP contribution in [0.1, 0.15) is 33.1 Å². The molecule has 0 aliphatic rings. The number of aryl methyl sites for hydroxylation is 1. The summed E-state index contributed by atoms with van der Waals surface area (Å²) >= 11 is 0. The number of aromatic nitrogens is 2. The highest BCUT2D eigenvalue weighted by Gasteiger charge is 2.10. The van der Waals surface area contributed by atoms with Gasteiger partial charge in [0.25, 0.3) is 0 Å². The van der Waals surface area contributed by atoms with Gasteiger partial charge in [-0.05, 0) is 32.5 Å². The third kappa shape index (κ3) is 4.38. The van der Waals surface area contributed by atoms with Crippen molar-refractivity contribution in [1.29, 1.82) is 0 Å². The molecule has 0 aliphatic carbocycles. The van der Waals surface area contributed by atoms with E-state index < -0.39 is 0 Å². The van der Waals surface area contributed by atoms with Gasteiger partial charge in [-0.2, -0.15) is 0 Å². The second-order valence-corrected chi connectivity index (χ2v) is 5.72. The van der Waals surface area contributed by atoms with Crippen molar-refractivity contribution in [2.24, 2.45) is 0 Å². The van der Waals surface area contributed by atoms with Crippen LogP contribution in [0.4, 0.5) is 0 Å². The Labute approximate surface area is 139 Å². The van der Waals surface area contributed by atoms with Crippen LogP contribution >= 0.6 is 0 Å². The summed E-state index contributed by atoms with van der Waals surface area (Å²) < 4.78 is 12.9. The lowest BCUT2D eigenvalue weighted by atomic mass is 10.2. The van der Waals surface area contributed by atoms with Gasteiger partial charge in [-0.3, -0.25) is 0 Å². The van der Waals surface area contributed by atoms with Crippen LogP contribution in [0.25, 0.3) is 11.0 Å². The zero-order chi connectivity index (χ0) is 16.7. The number of methoxy groups -OCH3 is 2. The normalized spacial score (nSPS) is 11.3. The molecule has 0 saturated carbocycles. The minimum Gasteiger partial charge on any atom is -0.493 e. The number of ether oxygens (including phenoxy) is 2. The average molecular weight is 319 g/mol. The number of nitrogens with zero attached hydrogens (tertiary/aromatic N) is 3. The first-order valence-electron chi connectivity index (χ1n) is 8.52. The van der Waals surface area contributed by atoms with Crippen LogP contribution in [0.15, 0.2) is 18.5 Å². The van der Waals surface area contributed by atoms with Gasteiger partial charge in [0, 0.05) is 18.7 Å². The van der Waals surface area contributed by atoms with E-state index >= 15 is 0 Å². The molecule has 0 amide bonds. The number of hydrogen-bond donors (Lipinski definition) is 0. The monoisotopic (exact) mass is 319 g/mol. The van der Waals surface area contributed by atoms with Crippen molar-refractivity contribution in [2.75, 3.05) is 33.9 Å². The fraction of sp³-hybridized carbons (Fsp3) is 0.611. The van der Waals surface area contributed by atoms with E-state index in [2.05, 4.69) is 28.3 Å². The molecule has 5 nitrogen and oxygen atoms in total. The van der Waals surface area contributed by atoms with Crippen molar-refractivity contribution in [3.63, 3.8) is 0 Å². The van der Waals surface area contributed by atoms with Crippen molar-refractivity contribution < 1.29 is 9.47 Å². The van der Waals surface area contributed by atoms with E-state index in [0.717, 1.165) is 42.2 Å². The lowest BCUT2D eigenvalue weighted by Crippen LogP contribution is -2.23. The Hall–Kier alpha value is -1.75. The van der Waals surface area contributed by atoms with Crippen molar-refractivity contribution in [2.45, 2.75) is 39.7 Å². The highest BCUT2D eigenvalue weighted by Crippen LogP contribution is 2.31. The van der Waals surface area contributed by atoms with Gasteiger partial charge in [-0.25, -0.2) is 4.98 Å². The molecule has 0 radical (unpaired) electrons. The largest absolute Gasteiger partial charge is 0.493 e. The first-order valence-corrected chi connectivity index (χ1v) is 8.52. The summed E-state index contributed by atoms with van der Waals surface area (Å²) in [6.45, 7) is 8.92. The van der Waals surface area contributed by atoms with Gasteiger partial charge in [-0.15, -0.1) is 0 Å². The van der Waals surface area contributed by atoms with E-state index in [-0.39, 0.29) is 0 Å². The quantitative estimate of drug-likeness (QED) is 0.628. The maximum Gasteiger partial charge on any atom is 0.163 e. The molecule has 2 aromatic rings. The third-order valence-corrected chi connectivity index (χ3v) is 4.39. The topological polar surface area (TPSA) is 39.5 Å². The molecule has 0 atom stereocenters. The number of fused-ring (bicyclic) bond motifs is 1. The number of unbranched alkanes of at least 4 members (excludes halogenated alkanes) is 2. The fourth-order valence-electron chi connectivity index (χ4n) is 2.90. The fourth-order valence-corrected chi connectivity index (χ4v) is 2.90. The Morgan fingerprint density at radius 3 is 2.35 bits per heavy atom. The maximum absolute atomic E-state index is 5.39. The van der Waals surface area contributed by atoms with Crippen LogP contribution < -0.4 is 9.47 Å². The van der Waals surface area contributed by atoms with Crippen molar-refractivity contribution >= 4 is 11.0 Å². The summed E-state index contributed by atoms with van der Waals surface area (Å²) in [6, 6.07) is 3.95. The maximum atomic E-state index is 5.39. The molecule has 1 heterocycles. The Morgan fingerprint density at radius 2 is 1.70 bits per heavy atom. The van der Waals surface area contributed by atoms with Gasteiger partial charge in [0.2, 0.25) is 0 Å². The summed E-state index contributed by atoms with van der Waals surface area (Å²) in [5, 5.41) is 0. The van der Waals surface area contributed by atoms with Gasteiger partial charge in [0.1, 0.15) is 0 Å². The standard InChI is InChI=1S/C18H29N3O2/c1-5-20(6-2)10-8-7-9-11-21-14-19-15-12-17(22-3)18(23-4)13-16(15)21/h12-14H,5-11H2,1-4H3. The van der Waals surface area contributed by atoms with Gasteiger partial charge in [0.15, 0.2) is 11.5 Å². The molecule has 1 aromatic heterocycles. The summed E-state index contributed by atoms with van der Waals surface area (Å²) in [4.78, 5) is 6.95. The van der Waals surface area contributed by atoms with Crippen molar-refractivity contribution in [3.05, 3.63) is 18.5 Å². The Kier molecular flexibility index (Phi) is 6.71. The molecule has 2 rings (SSSR count). The molecular formula is C18H29N3O2. The summed E-state index contributed by atoms with van der Waals surface area (Å²) in [5.41, 5.74) is 2.05. The van der Waals surface area contributed by atoms with Gasteiger partial charge in [-0.1, -0.05) is 20.3 Å². The van der Waals surface area contributed by atoms with E-state index in [1.54, 1.807) is 14.2 Å². The van der Waals surface area contributed by atoms with Gasteiger partial charge >= 0.3 is 0 Å². The van der Waals surface area contributed by atoms with Crippen LogP contribution in [0.3, 0.4) is 0 Å². The lowest BCUT2D eigenvalue weighted by Gasteiger charge is -2.17. The molecule has 1 aromatic carbocycles. The predicted octanol–water partition coefficient (Wildman–Crippen LogP) is 3.57. The van der Waals surface area contributed by atoms with E-state index in [1.807, 2.05) is 18.5 Å². The molecule has 128 valence electrons. The van der Waals surface area contributed by atoms with E-state index in [1.165, 1.54) is 25.8 Å². The smallest absolute Gasteiger partial charge is 0.163 e. The van der Waals surface area contributed by atoms with Crippen molar-refractivity contribution in [1.82, 2.24) is 14.5 Å². The number of imidazole rings is 1. The molecule has 0 bridgehead atoms. The van der Waals surface area contributed by atoms with Gasteiger partial charge in [0.05, 0.1) is 31.6 Å². The summed E-state index contributed by atoms with van der Waals surface area (Å²) in [6.07, 6.45) is 5.57. The highest BCUT2D eigenvalue weighted by atomic mass is 16.5. The first kappa shape index (κ1) is 17.6. The SMILES string of the molecule is CCN(CC)CCCCCn1cnc2cc(OC)c(OC)cc21. The van der Waals surface area contributed by atoms with E-state index in [9.17, 15) is 0 Å². The summed E-state index contributed by atoms with van der Waals surface area (Å²) in [7, 11) is 3.31. The molecule has 0 saturated heterocycles. The Balaban J connectivity index is 1.93. The molecule has 0 unspecified atom stereocenters. The Morgan fingerprint density at radius 1 is 1.00 bits per heavy atom. The number of benzene rings is 1. The molecular weight excluding hydrogens is 290 g/mol. The molecule has 5 heteroatoms. The minimum atomic E-state index is 0.726. The zero-order valence-electron chi connectivity index (χ0n) is 14.8. The lowest BCUT2D eigenvalue weighted by molar-refractivity contribution is 0.295. The summed E-state index contributed by atoms with van der Waals surface area (Å²) in [5.74, 6) is 1.48. The van der Waals surface area contributed by atoms with Crippen LogP contribution in [0.2, 0.25) is 0 Å². The third-order valence-electron chi connectivity index (χ3n) is 4.39. The first-order chi connectivity index (χ1) is 11.2.